The smallest absolute Gasteiger partial charge is 0.344 e. The molecule has 184 valence electrons. The highest BCUT2D eigenvalue weighted by molar-refractivity contribution is 7.89. The highest BCUT2D eigenvalue weighted by Gasteiger charge is 2.27. The monoisotopic (exact) mass is 499 g/mol. The molecule has 1 aliphatic heterocycles. The molecule has 2 heterocycles. The summed E-state index contributed by atoms with van der Waals surface area (Å²) in [4.78, 5) is 25.3. The minimum absolute atomic E-state index is 0.0601. The quantitative estimate of drug-likeness (QED) is 0.492. The largest absolute Gasteiger partial charge is 0.452 e. The van der Waals surface area contributed by atoms with E-state index in [0.29, 0.717) is 35.7 Å². The molecule has 1 N–H and O–H groups in total. The van der Waals surface area contributed by atoms with Crippen LogP contribution < -0.4 is 5.32 Å². The molecule has 1 amide bonds. The zero-order chi connectivity index (χ0) is 25.0. The van der Waals surface area contributed by atoms with Gasteiger partial charge in [0.15, 0.2) is 6.61 Å². The summed E-state index contributed by atoms with van der Waals surface area (Å²) < 4.78 is 42.8. The Morgan fingerprint density at radius 3 is 2.51 bits per heavy atom. The minimum atomic E-state index is -3.73. The molecule has 0 aliphatic carbocycles. The Kier molecular flexibility index (Phi) is 7.29. The van der Waals surface area contributed by atoms with Gasteiger partial charge in [0.05, 0.1) is 18.1 Å². The summed E-state index contributed by atoms with van der Waals surface area (Å²) in [6, 6.07) is 13.5. The molecule has 4 rings (SSSR count). The molecule has 11 heteroatoms. The second kappa shape index (κ2) is 10.4. The van der Waals surface area contributed by atoms with Gasteiger partial charge in [-0.3, -0.25) is 4.79 Å². The molecule has 0 saturated carbocycles. The Morgan fingerprint density at radius 2 is 1.80 bits per heavy atom. The van der Waals surface area contributed by atoms with Crippen LogP contribution in [0.15, 0.2) is 57.9 Å². The van der Waals surface area contributed by atoms with Crippen LogP contribution in [-0.4, -0.2) is 62.7 Å². The van der Waals surface area contributed by atoms with Crippen molar-refractivity contribution in [3.05, 3.63) is 65.4 Å². The van der Waals surface area contributed by atoms with Crippen LogP contribution in [0.3, 0.4) is 0 Å². The topological polar surface area (TPSA) is 128 Å². The van der Waals surface area contributed by atoms with Crippen molar-refractivity contribution < 1.29 is 32.0 Å². The Morgan fingerprint density at radius 1 is 1.09 bits per heavy atom. The van der Waals surface area contributed by atoms with E-state index in [1.807, 2.05) is 6.07 Å². The standard InChI is InChI=1S/C24H25N3O7S/c1-16-8-9-19(35(30,31)27-10-12-32-13-11-27)14-20(16)25-21(28)15-33-24(29)22-17(2)34-26-23(22)18-6-4-3-5-7-18/h3-9,14H,10-13,15H2,1-2H3,(H,25,28). The molecule has 0 radical (unpaired) electrons. The number of ether oxygens (including phenoxy) is 2. The van der Waals surface area contributed by atoms with E-state index < -0.39 is 28.5 Å². The van der Waals surface area contributed by atoms with Crippen molar-refractivity contribution in [2.45, 2.75) is 18.7 Å². The van der Waals surface area contributed by atoms with Gasteiger partial charge >= 0.3 is 5.97 Å². The number of carbonyl (C=O) groups excluding carboxylic acids is 2. The lowest BCUT2D eigenvalue weighted by atomic mass is 10.1. The van der Waals surface area contributed by atoms with Gasteiger partial charge in [-0.25, -0.2) is 13.2 Å². The molecule has 0 bridgehead atoms. The maximum atomic E-state index is 12.9. The molecule has 3 aromatic rings. The van der Waals surface area contributed by atoms with Crippen LogP contribution in [0.2, 0.25) is 0 Å². The Hall–Kier alpha value is -3.54. The number of carbonyl (C=O) groups is 2. The summed E-state index contributed by atoms with van der Waals surface area (Å²) in [5.41, 5.74) is 2.11. The molecular weight excluding hydrogens is 474 g/mol. The molecule has 0 atom stereocenters. The number of sulfonamides is 1. The number of anilines is 1. The first kappa shape index (κ1) is 24.6. The predicted octanol–water partition coefficient (Wildman–Crippen LogP) is 2.77. The van der Waals surface area contributed by atoms with Gasteiger partial charge in [0.2, 0.25) is 10.0 Å². The molecule has 1 fully saturated rings. The van der Waals surface area contributed by atoms with Gasteiger partial charge in [0, 0.05) is 24.3 Å². The lowest BCUT2D eigenvalue weighted by molar-refractivity contribution is -0.119. The number of nitrogens with zero attached hydrogens (tertiary/aromatic N) is 2. The van der Waals surface area contributed by atoms with Gasteiger partial charge in [-0.2, -0.15) is 4.31 Å². The number of aromatic nitrogens is 1. The van der Waals surface area contributed by atoms with Gasteiger partial charge in [0.1, 0.15) is 17.0 Å². The normalized spacial score (nSPS) is 14.5. The summed E-state index contributed by atoms with van der Waals surface area (Å²) in [6.45, 7) is 3.94. The van der Waals surface area contributed by atoms with E-state index in [9.17, 15) is 18.0 Å². The van der Waals surface area contributed by atoms with E-state index in [1.54, 1.807) is 44.2 Å². The van der Waals surface area contributed by atoms with E-state index >= 15 is 0 Å². The zero-order valence-corrected chi connectivity index (χ0v) is 20.1. The van der Waals surface area contributed by atoms with Crippen molar-refractivity contribution in [1.82, 2.24) is 9.46 Å². The van der Waals surface area contributed by atoms with Gasteiger partial charge in [-0.1, -0.05) is 41.6 Å². The zero-order valence-electron chi connectivity index (χ0n) is 19.3. The van der Waals surface area contributed by atoms with Crippen LogP contribution in [0.25, 0.3) is 11.3 Å². The molecule has 1 saturated heterocycles. The maximum absolute atomic E-state index is 12.9. The fourth-order valence-corrected chi connectivity index (χ4v) is 5.06. The van der Waals surface area contributed by atoms with Crippen molar-refractivity contribution in [2.75, 3.05) is 38.2 Å². The fraction of sp³-hybridized carbons (Fsp3) is 0.292. The molecular formula is C24H25N3O7S. The number of rotatable bonds is 7. The van der Waals surface area contributed by atoms with Gasteiger partial charge < -0.3 is 19.3 Å². The van der Waals surface area contributed by atoms with E-state index in [1.165, 1.54) is 16.4 Å². The third-order valence-electron chi connectivity index (χ3n) is 5.54. The average Bonchev–Trinajstić information content (AvgIpc) is 3.26. The second-order valence-corrected chi connectivity index (χ2v) is 9.88. The molecule has 1 aliphatic rings. The molecule has 0 unspecified atom stereocenters. The van der Waals surface area contributed by atoms with Crippen LogP contribution in [-0.2, 0) is 24.3 Å². The third kappa shape index (κ3) is 5.42. The minimum Gasteiger partial charge on any atom is -0.452 e. The first-order chi connectivity index (χ1) is 16.8. The summed E-state index contributed by atoms with van der Waals surface area (Å²) >= 11 is 0. The SMILES string of the molecule is Cc1ccc(S(=O)(=O)N2CCOCC2)cc1NC(=O)COC(=O)c1c(-c2ccccc2)noc1C. The van der Waals surface area contributed by atoms with Crippen molar-refractivity contribution in [1.29, 1.82) is 0 Å². The highest BCUT2D eigenvalue weighted by Crippen LogP contribution is 2.26. The fourth-order valence-electron chi connectivity index (χ4n) is 3.63. The molecule has 0 spiro atoms. The van der Waals surface area contributed by atoms with Crippen LogP contribution in [0, 0.1) is 13.8 Å². The summed E-state index contributed by atoms with van der Waals surface area (Å²) in [7, 11) is -3.73. The van der Waals surface area contributed by atoms with Crippen molar-refractivity contribution in [3.63, 3.8) is 0 Å². The number of hydrogen-bond acceptors (Lipinski definition) is 8. The summed E-state index contributed by atoms with van der Waals surface area (Å²) in [5.74, 6) is -1.10. The summed E-state index contributed by atoms with van der Waals surface area (Å²) in [6.07, 6.45) is 0. The first-order valence-corrected chi connectivity index (χ1v) is 12.4. The molecule has 35 heavy (non-hydrogen) atoms. The van der Waals surface area contributed by atoms with E-state index in [4.69, 9.17) is 14.0 Å². The first-order valence-electron chi connectivity index (χ1n) is 10.9. The molecule has 1 aromatic heterocycles. The third-order valence-corrected chi connectivity index (χ3v) is 7.43. The Bertz CT molecular complexity index is 1330. The molecule has 2 aromatic carbocycles. The van der Waals surface area contributed by atoms with Crippen LogP contribution in [0.1, 0.15) is 21.7 Å². The van der Waals surface area contributed by atoms with Crippen molar-refractivity contribution >= 4 is 27.6 Å². The van der Waals surface area contributed by atoms with Crippen molar-refractivity contribution in [2.24, 2.45) is 0 Å². The number of esters is 1. The van der Waals surface area contributed by atoms with Crippen LogP contribution >= 0.6 is 0 Å². The second-order valence-electron chi connectivity index (χ2n) is 7.95. The van der Waals surface area contributed by atoms with E-state index in [-0.39, 0.29) is 29.3 Å². The number of nitrogens with one attached hydrogen (secondary N) is 1. The van der Waals surface area contributed by atoms with Gasteiger partial charge in [0.25, 0.3) is 5.91 Å². The number of amides is 1. The van der Waals surface area contributed by atoms with Crippen LogP contribution in [0.4, 0.5) is 5.69 Å². The molecule has 10 nitrogen and oxygen atoms in total. The van der Waals surface area contributed by atoms with Gasteiger partial charge in [-0.15, -0.1) is 0 Å². The lowest BCUT2D eigenvalue weighted by Gasteiger charge is -2.26. The predicted molar refractivity (Wildman–Crippen MR) is 126 cm³/mol. The maximum Gasteiger partial charge on any atom is 0.344 e. The van der Waals surface area contributed by atoms with Crippen molar-refractivity contribution in [3.8, 4) is 11.3 Å². The average molecular weight is 500 g/mol. The number of aryl methyl sites for hydroxylation is 2. The lowest BCUT2D eigenvalue weighted by Crippen LogP contribution is -2.40. The number of morpholine rings is 1. The summed E-state index contributed by atoms with van der Waals surface area (Å²) in [5, 5.41) is 6.56. The van der Waals surface area contributed by atoms with Crippen LogP contribution in [0.5, 0.6) is 0 Å². The number of hydrogen-bond donors (Lipinski definition) is 1. The highest BCUT2D eigenvalue weighted by atomic mass is 32.2. The Labute approximate surface area is 202 Å². The van der Waals surface area contributed by atoms with E-state index in [2.05, 4.69) is 10.5 Å². The Balaban J connectivity index is 1.44. The van der Waals surface area contributed by atoms with Gasteiger partial charge in [-0.05, 0) is 31.5 Å². The van der Waals surface area contributed by atoms with E-state index in [0.717, 1.165) is 0 Å². The number of benzene rings is 2.